The number of para-hydroxylation sites is 2. The molecule has 1 saturated heterocycles. The van der Waals surface area contributed by atoms with E-state index in [0.717, 1.165) is 42.1 Å². The van der Waals surface area contributed by atoms with Crippen molar-refractivity contribution < 1.29 is 22.8 Å². The van der Waals surface area contributed by atoms with Gasteiger partial charge in [-0.25, -0.2) is 8.78 Å². The van der Waals surface area contributed by atoms with Gasteiger partial charge in [0.15, 0.2) is 5.58 Å². The fourth-order valence-corrected chi connectivity index (χ4v) is 3.41. The lowest BCUT2D eigenvalue weighted by Crippen LogP contribution is -2.42. The van der Waals surface area contributed by atoms with Crippen LogP contribution in [0.4, 0.5) is 20.5 Å². The van der Waals surface area contributed by atoms with Crippen molar-refractivity contribution in [1.29, 1.82) is 0 Å². The number of halogens is 2. The quantitative estimate of drug-likeness (QED) is 0.641. The molecule has 2 aromatic carbocycles. The molecule has 156 valence electrons. The van der Waals surface area contributed by atoms with Gasteiger partial charge in [-0.2, -0.15) is 4.98 Å². The molecule has 2 amide bonds. The number of rotatable bonds is 4. The standard InChI is InChI=1S/C21H20F2N4O3/c22-14-5-6-15(23)17(11-14)25-20(29)19(28)24-12-13-7-9-27(10-8-13)21-26-16-3-1-2-4-18(16)30-21/h1-6,11,13H,7-10,12H2,(H,24,28)(H,25,29). The van der Waals surface area contributed by atoms with Crippen LogP contribution in [-0.4, -0.2) is 36.4 Å². The summed E-state index contributed by atoms with van der Waals surface area (Å²) in [5.41, 5.74) is 1.17. The maximum absolute atomic E-state index is 13.6. The van der Waals surface area contributed by atoms with Crippen LogP contribution in [0, 0.1) is 17.6 Å². The minimum absolute atomic E-state index is 0.188. The number of amides is 2. The molecule has 3 aromatic rings. The molecule has 0 atom stereocenters. The molecule has 2 heterocycles. The highest BCUT2D eigenvalue weighted by atomic mass is 19.1. The molecular formula is C21H20F2N4O3. The van der Waals surface area contributed by atoms with Crippen LogP contribution in [0.3, 0.4) is 0 Å². The highest BCUT2D eigenvalue weighted by molar-refractivity contribution is 6.39. The average Bonchev–Trinajstić information content (AvgIpc) is 3.19. The Labute approximate surface area is 171 Å². The van der Waals surface area contributed by atoms with Crippen molar-refractivity contribution in [2.45, 2.75) is 12.8 Å². The Hall–Kier alpha value is -3.49. The molecule has 0 saturated carbocycles. The van der Waals surface area contributed by atoms with Gasteiger partial charge in [-0.05, 0) is 43.0 Å². The number of hydrogen-bond acceptors (Lipinski definition) is 5. The van der Waals surface area contributed by atoms with Crippen LogP contribution in [0.5, 0.6) is 0 Å². The Morgan fingerprint density at radius 2 is 1.87 bits per heavy atom. The van der Waals surface area contributed by atoms with Gasteiger partial charge in [0.2, 0.25) is 0 Å². The van der Waals surface area contributed by atoms with E-state index in [9.17, 15) is 18.4 Å². The van der Waals surface area contributed by atoms with Crippen LogP contribution in [0.1, 0.15) is 12.8 Å². The lowest BCUT2D eigenvalue weighted by atomic mass is 9.97. The Balaban J connectivity index is 1.25. The third-order valence-electron chi connectivity index (χ3n) is 5.10. The summed E-state index contributed by atoms with van der Waals surface area (Å²) in [6.45, 7) is 1.75. The fraction of sp³-hybridized carbons (Fsp3) is 0.286. The second-order valence-corrected chi connectivity index (χ2v) is 7.18. The van der Waals surface area contributed by atoms with Gasteiger partial charge in [-0.15, -0.1) is 0 Å². The summed E-state index contributed by atoms with van der Waals surface area (Å²) in [6.07, 6.45) is 1.58. The molecule has 30 heavy (non-hydrogen) atoms. The van der Waals surface area contributed by atoms with Gasteiger partial charge in [0.05, 0.1) is 5.69 Å². The van der Waals surface area contributed by atoms with Gasteiger partial charge in [0, 0.05) is 25.7 Å². The first-order valence-corrected chi connectivity index (χ1v) is 9.64. The van der Waals surface area contributed by atoms with Crippen LogP contribution in [-0.2, 0) is 9.59 Å². The van der Waals surface area contributed by atoms with Crippen LogP contribution in [0.15, 0.2) is 46.9 Å². The highest BCUT2D eigenvalue weighted by Crippen LogP contribution is 2.26. The number of aromatic nitrogens is 1. The minimum atomic E-state index is -1.04. The monoisotopic (exact) mass is 414 g/mol. The topological polar surface area (TPSA) is 87.5 Å². The third kappa shape index (κ3) is 4.40. The van der Waals surface area contributed by atoms with E-state index in [-0.39, 0.29) is 11.6 Å². The molecule has 1 aliphatic rings. The van der Waals surface area contributed by atoms with E-state index < -0.39 is 23.4 Å². The molecule has 1 fully saturated rings. The predicted octanol–water partition coefficient (Wildman–Crippen LogP) is 3.08. The Morgan fingerprint density at radius 1 is 1.10 bits per heavy atom. The number of nitrogens with zero attached hydrogens (tertiary/aromatic N) is 2. The summed E-state index contributed by atoms with van der Waals surface area (Å²) in [5.74, 6) is -3.27. The van der Waals surface area contributed by atoms with Crippen molar-refractivity contribution in [3.8, 4) is 0 Å². The zero-order valence-corrected chi connectivity index (χ0v) is 16.0. The molecule has 2 N–H and O–H groups in total. The second-order valence-electron chi connectivity index (χ2n) is 7.18. The second kappa shape index (κ2) is 8.48. The van der Waals surface area contributed by atoms with Gasteiger partial charge >= 0.3 is 11.8 Å². The third-order valence-corrected chi connectivity index (χ3v) is 5.10. The van der Waals surface area contributed by atoms with Crippen molar-refractivity contribution in [2.75, 3.05) is 29.9 Å². The number of carbonyl (C=O) groups is 2. The molecule has 0 spiro atoms. The lowest BCUT2D eigenvalue weighted by molar-refractivity contribution is -0.136. The summed E-state index contributed by atoms with van der Waals surface area (Å²) >= 11 is 0. The first-order chi connectivity index (χ1) is 14.5. The molecule has 4 rings (SSSR count). The smallest absolute Gasteiger partial charge is 0.313 e. The van der Waals surface area contributed by atoms with E-state index in [2.05, 4.69) is 20.5 Å². The van der Waals surface area contributed by atoms with Crippen molar-refractivity contribution in [3.63, 3.8) is 0 Å². The van der Waals surface area contributed by atoms with Crippen LogP contribution in [0.2, 0.25) is 0 Å². The molecular weight excluding hydrogens is 394 g/mol. The van der Waals surface area contributed by atoms with Crippen LogP contribution < -0.4 is 15.5 Å². The predicted molar refractivity (Wildman–Crippen MR) is 107 cm³/mol. The summed E-state index contributed by atoms with van der Waals surface area (Å²) in [4.78, 5) is 30.5. The largest absolute Gasteiger partial charge is 0.423 e. The molecule has 0 aliphatic carbocycles. The molecule has 1 aliphatic heterocycles. The van der Waals surface area contributed by atoms with Crippen molar-refractivity contribution >= 4 is 34.6 Å². The van der Waals surface area contributed by atoms with Crippen LogP contribution in [0.25, 0.3) is 11.1 Å². The number of piperidine rings is 1. The number of hydrogen-bond donors (Lipinski definition) is 2. The van der Waals surface area contributed by atoms with Gasteiger partial charge < -0.3 is 20.0 Å². The molecule has 1 aromatic heterocycles. The maximum Gasteiger partial charge on any atom is 0.313 e. The van der Waals surface area contributed by atoms with Crippen molar-refractivity contribution in [1.82, 2.24) is 10.3 Å². The maximum atomic E-state index is 13.6. The van der Waals surface area contributed by atoms with Gasteiger partial charge in [-0.1, -0.05) is 12.1 Å². The van der Waals surface area contributed by atoms with Gasteiger partial charge in [-0.3, -0.25) is 9.59 Å². The van der Waals surface area contributed by atoms with Crippen LogP contribution >= 0.6 is 0 Å². The molecule has 7 nitrogen and oxygen atoms in total. The van der Waals surface area contributed by atoms with E-state index in [1.807, 2.05) is 24.3 Å². The molecule has 0 bridgehead atoms. The van der Waals surface area contributed by atoms with Gasteiger partial charge in [0.25, 0.3) is 6.01 Å². The first kappa shape index (κ1) is 19.8. The van der Waals surface area contributed by atoms with E-state index >= 15 is 0 Å². The van der Waals surface area contributed by atoms with E-state index in [0.29, 0.717) is 25.6 Å². The van der Waals surface area contributed by atoms with E-state index in [4.69, 9.17) is 4.42 Å². The number of oxazole rings is 1. The fourth-order valence-electron chi connectivity index (χ4n) is 3.41. The van der Waals surface area contributed by atoms with E-state index in [1.165, 1.54) is 0 Å². The molecule has 9 heteroatoms. The summed E-state index contributed by atoms with van der Waals surface area (Å²) in [6, 6.07) is 10.8. The number of fused-ring (bicyclic) bond motifs is 1. The number of benzene rings is 2. The van der Waals surface area contributed by atoms with Crippen molar-refractivity contribution in [3.05, 3.63) is 54.1 Å². The normalized spacial score (nSPS) is 14.7. The Bertz CT molecular complexity index is 1040. The van der Waals surface area contributed by atoms with E-state index in [1.54, 1.807) is 0 Å². The number of nitrogens with one attached hydrogen (secondary N) is 2. The number of anilines is 2. The summed E-state index contributed by atoms with van der Waals surface area (Å²) in [5, 5.41) is 4.64. The van der Waals surface area contributed by atoms with Gasteiger partial charge in [0.1, 0.15) is 17.2 Å². The first-order valence-electron chi connectivity index (χ1n) is 9.64. The summed E-state index contributed by atoms with van der Waals surface area (Å²) in [7, 11) is 0. The average molecular weight is 414 g/mol. The minimum Gasteiger partial charge on any atom is -0.423 e. The lowest BCUT2D eigenvalue weighted by Gasteiger charge is -2.30. The molecule has 0 unspecified atom stereocenters. The zero-order chi connectivity index (χ0) is 21.1. The van der Waals surface area contributed by atoms with Crippen molar-refractivity contribution in [2.24, 2.45) is 5.92 Å². The highest BCUT2D eigenvalue weighted by Gasteiger charge is 2.24. The zero-order valence-electron chi connectivity index (χ0n) is 16.0. The number of carbonyl (C=O) groups excluding carboxylic acids is 2. The molecule has 0 radical (unpaired) electrons. The summed E-state index contributed by atoms with van der Waals surface area (Å²) < 4.78 is 32.5. The Kier molecular flexibility index (Phi) is 5.60. The Morgan fingerprint density at radius 3 is 2.63 bits per heavy atom. The SMILES string of the molecule is O=C(NCC1CCN(c2nc3ccccc3o2)CC1)C(=O)Nc1cc(F)ccc1F.